The van der Waals surface area contributed by atoms with Gasteiger partial charge in [-0.05, 0) is 31.0 Å². The molecule has 32 heavy (non-hydrogen) atoms. The number of sulfonamides is 1. The average molecular weight is 498 g/mol. The number of aromatic nitrogens is 2. The molecule has 4 rings (SSSR count). The van der Waals surface area contributed by atoms with Gasteiger partial charge in [-0.2, -0.15) is 4.31 Å². The number of aliphatic hydroxyl groups is 1. The fourth-order valence-electron chi connectivity index (χ4n) is 4.01. The monoisotopic (exact) mass is 497 g/mol. The summed E-state index contributed by atoms with van der Waals surface area (Å²) in [4.78, 5) is 13.4. The van der Waals surface area contributed by atoms with Gasteiger partial charge in [-0.15, -0.1) is 0 Å². The Morgan fingerprint density at radius 3 is 2.62 bits per heavy atom. The van der Waals surface area contributed by atoms with E-state index in [1.165, 1.54) is 10.5 Å². The highest BCUT2D eigenvalue weighted by Gasteiger charge is 2.35. The van der Waals surface area contributed by atoms with Crippen molar-refractivity contribution in [2.45, 2.75) is 44.8 Å². The molecule has 172 valence electrons. The number of anilines is 1. The Hall–Kier alpha value is -1.78. The van der Waals surface area contributed by atoms with Crippen molar-refractivity contribution in [1.82, 2.24) is 14.3 Å². The summed E-state index contributed by atoms with van der Waals surface area (Å²) < 4.78 is 24.8. The summed E-state index contributed by atoms with van der Waals surface area (Å²) in [6, 6.07) is 3.40. The molecular formula is C21H25Cl2N5O3S. The maximum Gasteiger partial charge on any atom is 0.223 e. The van der Waals surface area contributed by atoms with E-state index in [1.54, 1.807) is 6.07 Å². The first-order chi connectivity index (χ1) is 14.9. The van der Waals surface area contributed by atoms with E-state index < -0.39 is 16.1 Å². The molecule has 0 aliphatic carbocycles. The van der Waals surface area contributed by atoms with Crippen LogP contribution in [-0.4, -0.2) is 65.0 Å². The molecule has 0 amide bonds. The standard InChI is InChI=1S/C21H25Cl2N5O3S/c1-11-21(2,3)13-7-12(8-14(22)19(13)25-11)18-15(23)9-24-20(27-18)26-16-5-6-28(10-17(16)29)32(4,30)31/h7-9,16-17,29H,5-6,10H2,1-4H3,(H,24,26,27)/t16-,17-/m1/s1. The molecule has 2 aliphatic heterocycles. The molecule has 0 saturated carbocycles. The molecule has 1 aromatic carbocycles. The van der Waals surface area contributed by atoms with Gasteiger partial charge in [-0.3, -0.25) is 4.99 Å². The largest absolute Gasteiger partial charge is 0.390 e. The molecule has 1 aromatic heterocycles. The number of piperidine rings is 1. The molecule has 1 saturated heterocycles. The van der Waals surface area contributed by atoms with E-state index in [0.29, 0.717) is 34.7 Å². The molecular weight excluding hydrogens is 473 g/mol. The summed E-state index contributed by atoms with van der Waals surface area (Å²) in [6.07, 6.45) is 2.16. The van der Waals surface area contributed by atoms with Gasteiger partial charge in [-0.1, -0.05) is 37.0 Å². The molecule has 2 atom stereocenters. The van der Waals surface area contributed by atoms with Crippen LogP contribution >= 0.6 is 23.2 Å². The first-order valence-corrected chi connectivity index (χ1v) is 12.8. The predicted molar refractivity (Wildman–Crippen MR) is 128 cm³/mol. The SMILES string of the molecule is CC1=Nc2c(Cl)cc(-c3nc(N[C@@H]4CCN(S(C)(=O)=O)C[C@H]4O)ncc3Cl)cc2C1(C)C. The zero-order chi connectivity index (χ0) is 23.4. The van der Waals surface area contributed by atoms with E-state index in [1.807, 2.05) is 13.0 Å². The summed E-state index contributed by atoms with van der Waals surface area (Å²) in [7, 11) is -3.35. The van der Waals surface area contributed by atoms with Gasteiger partial charge in [0.25, 0.3) is 0 Å². The number of aliphatic hydroxyl groups excluding tert-OH is 1. The molecule has 1 fully saturated rings. The van der Waals surface area contributed by atoms with Gasteiger partial charge in [0.2, 0.25) is 16.0 Å². The number of β-amino-alcohol motifs (C(OH)–C–C–N with tert-alkyl or cyclic N) is 1. The lowest BCUT2D eigenvalue weighted by Crippen LogP contribution is -2.51. The minimum atomic E-state index is -3.35. The molecule has 8 nitrogen and oxygen atoms in total. The van der Waals surface area contributed by atoms with Crippen molar-refractivity contribution in [2.24, 2.45) is 4.99 Å². The number of nitrogens with one attached hydrogen (secondary N) is 1. The first kappa shape index (κ1) is 23.4. The molecule has 0 bridgehead atoms. The molecule has 2 aromatic rings. The van der Waals surface area contributed by atoms with Gasteiger partial charge in [0.05, 0.1) is 46.0 Å². The summed E-state index contributed by atoms with van der Waals surface area (Å²) in [5, 5.41) is 14.5. The summed E-state index contributed by atoms with van der Waals surface area (Å²) in [5.74, 6) is 0.296. The van der Waals surface area contributed by atoms with Crippen LogP contribution in [0.25, 0.3) is 11.3 Å². The Morgan fingerprint density at radius 2 is 1.97 bits per heavy atom. The zero-order valence-electron chi connectivity index (χ0n) is 18.2. The number of hydrogen-bond acceptors (Lipinski definition) is 7. The van der Waals surface area contributed by atoms with Gasteiger partial charge in [0.15, 0.2) is 0 Å². The van der Waals surface area contributed by atoms with Crippen molar-refractivity contribution in [3.8, 4) is 11.3 Å². The number of nitrogens with zero attached hydrogens (tertiary/aromatic N) is 4. The highest BCUT2D eigenvalue weighted by Crippen LogP contribution is 2.46. The highest BCUT2D eigenvalue weighted by molar-refractivity contribution is 7.88. The van der Waals surface area contributed by atoms with Gasteiger partial charge in [0, 0.05) is 29.8 Å². The minimum Gasteiger partial charge on any atom is -0.390 e. The fourth-order valence-corrected chi connectivity index (χ4v) is 5.33. The second kappa shape index (κ2) is 8.22. The number of halogens is 2. The molecule has 0 radical (unpaired) electrons. The van der Waals surface area contributed by atoms with Crippen LogP contribution in [0.15, 0.2) is 23.3 Å². The van der Waals surface area contributed by atoms with Gasteiger partial charge in [-0.25, -0.2) is 18.4 Å². The van der Waals surface area contributed by atoms with E-state index >= 15 is 0 Å². The molecule has 3 heterocycles. The quantitative estimate of drug-likeness (QED) is 0.667. The van der Waals surface area contributed by atoms with Crippen molar-refractivity contribution in [3.05, 3.63) is 33.9 Å². The lowest BCUT2D eigenvalue weighted by molar-refractivity contribution is 0.0950. The minimum absolute atomic E-state index is 0.0197. The Bertz CT molecular complexity index is 1220. The first-order valence-electron chi connectivity index (χ1n) is 10.2. The topological polar surface area (TPSA) is 108 Å². The Kier molecular flexibility index (Phi) is 6.00. The molecule has 2 aliphatic rings. The number of aliphatic imine (C=N–C) groups is 1. The fraction of sp³-hybridized carbons (Fsp3) is 0.476. The van der Waals surface area contributed by atoms with Gasteiger partial charge in [0.1, 0.15) is 0 Å². The predicted octanol–water partition coefficient (Wildman–Crippen LogP) is 3.64. The van der Waals surface area contributed by atoms with Crippen LogP contribution in [0.2, 0.25) is 10.0 Å². The molecule has 11 heteroatoms. The normalized spacial score (nSPS) is 23.0. The maximum absolute atomic E-state index is 11.7. The third kappa shape index (κ3) is 4.24. The van der Waals surface area contributed by atoms with Crippen molar-refractivity contribution in [1.29, 1.82) is 0 Å². The van der Waals surface area contributed by atoms with Crippen LogP contribution < -0.4 is 5.32 Å². The second-order valence-electron chi connectivity index (χ2n) is 8.79. The summed E-state index contributed by atoms with van der Waals surface area (Å²) in [6.45, 7) is 6.50. The number of benzene rings is 1. The Labute approximate surface area is 197 Å². The van der Waals surface area contributed by atoms with E-state index in [9.17, 15) is 13.5 Å². The lowest BCUT2D eigenvalue weighted by Gasteiger charge is -2.34. The highest BCUT2D eigenvalue weighted by atomic mass is 35.5. The number of rotatable bonds is 4. The molecule has 2 N–H and O–H groups in total. The van der Waals surface area contributed by atoms with E-state index in [2.05, 4.69) is 34.1 Å². The van der Waals surface area contributed by atoms with Crippen molar-refractivity contribution < 1.29 is 13.5 Å². The Balaban J connectivity index is 1.62. The van der Waals surface area contributed by atoms with Gasteiger partial charge < -0.3 is 10.4 Å². The van der Waals surface area contributed by atoms with Gasteiger partial charge >= 0.3 is 0 Å². The zero-order valence-corrected chi connectivity index (χ0v) is 20.6. The summed E-state index contributed by atoms with van der Waals surface area (Å²) >= 11 is 13.0. The van der Waals surface area contributed by atoms with Crippen molar-refractivity contribution in [2.75, 3.05) is 24.7 Å². The van der Waals surface area contributed by atoms with Crippen LogP contribution in [0.1, 0.15) is 32.8 Å². The Morgan fingerprint density at radius 1 is 1.25 bits per heavy atom. The van der Waals surface area contributed by atoms with E-state index in [4.69, 9.17) is 23.2 Å². The second-order valence-corrected chi connectivity index (χ2v) is 11.6. The van der Waals surface area contributed by atoms with Crippen LogP contribution in [0, 0.1) is 0 Å². The van der Waals surface area contributed by atoms with Crippen LogP contribution in [0.3, 0.4) is 0 Å². The van der Waals surface area contributed by atoms with E-state index in [-0.39, 0.29) is 18.0 Å². The molecule has 0 unspecified atom stereocenters. The lowest BCUT2D eigenvalue weighted by atomic mass is 9.81. The maximum atomic E-state index is 11.7. The van der Waals surface area contributed by atoms with Crippen molar-refractivity contribution >= 4 is 50.6 Å². The average Bonchev–Trinajstić information content (AvgIpc) is 2.94. The number of hydrogen-bond donors (Lipinski definition) is 2. The third-order valence-electron chi connectivity index (χ3n) is 6.27. The van der Waals surface area contributed by atoms with E-state index in [0.717, 1.165) is 28.8 Å². The van der Waals surface area contributed by atoms with Crippen LogP contribution in [0.5, 0.6) is 0 Å². The number of fused-ring (bicyclic) bond motifs is 1. The molecule has 0 spiro atoms. The van der Waals surface area contributed by atoms with Crippen molar-refractivity contribution in [3.63, 3.8) is 0 Å². The van der Waals surface area contributed by atoms with Crippen LogP contribution in [-0.2, 0) is 15.4 Å². The third-order valence-corrected chi connectivity index (χ3v) is 8.10. The summed E-state index contributed by atoms with van der Waals surface area (Å²) in [5.41, 5.74) is 3.75. The smallest absolute Gasteiger partial charge is 0.223 e. The van der Waals surface area contributed by atoms with Crippen LogP contribution in [0.4, 0.5) is 11.6 Å².